The number of phenolic OH excluding ortho intramolecular Hbond substituents is 1. The van der Waals surface area contributed by atoms with Gasteiger partial charge in [-0.05, 0) is 73.6 Å². The lowest BCUT2D eigenvalue weighted by Gasteiger charge is -2.29. The third kappa shape index (κ3) is 24.0. The van der Waals surface area contributed by atoms with Crippen molar-refractivity contribution in [3.05, 3.63) is 65.7 Å². The minimum Gasteiger partial charge on any atom is -0.508 e. The summed E-state index contributed by atoms with van der Waals surface area (Å²) in [5.74, 6) is -13.4. The van der Waals surface area contributed by atoms with Gasteiger partial charge in [0.1, 0.15) is 48.0 Å². The molecule has 0 bridgehead atoms. The van der Waals surface area contributed by atoms with Crippen LogP contribution in [-0.4, -0.2) is 135 Å². The van der Waals surface area contributed by atoms with Crippen LogP contribution in [0.5, 0.6) is 5.75 Å². The second kappa shape index (κ2) is 31.4. The Morgan fingerprint density at radius 2 is 0.827 bits per heavy atom. The summed E-state index contributed by atoms with van der Waals surface area (Å²) in [6.45, 7) is 6.48. The lowest BCUT2D eigenvalue weighted by atomic mass is 9.98. The number of aromatic hydroxyl groups is 1. The van der Waals surface area contributed by atoms with Crippen molar-refractivity contribution in [3.8, 4) is 5.75 Å². The number of carboxylic acid groups (broad SMARTS) is 2. The molecule has 0 aromatic heterocycles. The zero-order chi connectivity index (χ0) is 56.5. The molecule has 2 aromatic rings. The first kappa shape index (κ1) is 63.0. The summed E-state index contributed by atoms with van der Waals surface area (Å²) < 4.78 is 0. The van der Waals surface area contributed by atoms with E-state index in [-0.39, 0.29) is 43.8 Å². The maximum absolute atomic E-state index is 14.1. The highest BCUT2D eigenvalue weighted by Crippen LogP contribution is 2.14. The van der Waals surface area contributed by atoms with Crippen molar-refractivity contribution < 1.29 is 72.9 Å². The number of rotatable bonds is 34. The average molecular weight is 1050 g/mol. The normalized spacial score (nSPS) is 14.2. The first-order valence-corrected chi connectivity index (χ1v) is 24.2. The van der Waals surface area contributed by atoms with Crippen LogP contribution < -0.4 is 60.2 Å². The van der Waals surface area contributed by atoms with Gasteiger partial charge in [-0.2, -0.15) is 0 Å². The SMILES string of the molecule is CC(C)C[C@H](NC(=O)[C@@H](NC(=O)[C@H](CCC(N)=O)NC(=O)[C@H](CCC(N)=O)NC(=O)[C@@H](N)Cc1ccccc1)C(C)C)C(=O)N[C@@H](CCC(N)=O)C(=O)N[C@@H](CCC(=O)O)C(=O)N[C@@H](Cc1ccc(O)cc1)C(=O)O. The third-order valence-electron chi connectivity index (χ3n) is 11.4. The molecule has 412 valence electrons. The number of aliphatic carboxylic acids is 2. The third-order valence-corrected chi connectivity index (χ3v) is 11.4. The van der Waals surface area contributed by atoms with Crippen LogP contribution in [-0.2, 0) is 70.4 Å². The van der Waals surface area contributed by atoms with Crippen molar-refractivity contribution in [2.75, 3.05) is 0 Å². The molecule has 0 fully saturated rings. The number of benzene rings is 2. The number of hydrogen-bond donors (Lipinski definition) is 14. The molecule has 2 aromatic carbocycles. The van der Waals surface area contributed by atoms with Gasteiger partial charge >= 0.3 is 11.9 Å². The van der Waals surface area contributed by atoms with Crippen molar-refractivity contribution in [3.63, 3.8) is 0 Å². The summed E-state index contributed by atoms with van der Waals surface area (Å²) in [7, 11) is 0. The van der Waals surface area contributed by atoms with Crippen molar-refractivity contribution >= 4 is 71.0 Å². The molecule has 0 saturated carbocycles. The molecule has 75 heavy (non-hydrogen) atoms. The van der Waals surface area contributed by atoms with E-state index >= 15 is 0 Å². The topological polar surface area (TPSA) is 454 Å². The summed E-state index contributed by atoms with van der Waals surface area (Å²) in [6.07, 6.45) is -3.96. The molecule has 0 radical (unpaired) electrons. The van der Waals surface area contributed by atoms with E-state index in [1.807, 2.05) is 0 Å². The lowest BCUT2D eigenvalue weighted by molar-refractivity contribution is -0.143. The Morgan fingerprint density at radius 1 is 0.453 bits per heavy atom. The molecule has 0 spiro atoms. The summed E-state index contributed by atoms with van der Waals surface area (Å²) in [5, 5.41) is 46.0. The first-order valence-electron chi connectivity index (χ1n) is 24.2. The minimum atomic E-state index is -1.69. The number of nitrogens with two attached hydrogens (primary N) is 4. The van der Waals surface area contributed by atoms with E-state index in [0.29, 0.717) is 5.56 Å². The fraction of sp³-hybridized carbons (Fsp3) is 0.510. The highest BCUT2D eigenvalue weighted by molar-refractivity contribution is 5.98. The van der Waals surface area contributed by atoms with Gasteiger partial charge in [0.25, 0.3) is 0 Å². The van der Waals surface area contributed by atoms with E-state index < -0.39 is 164 Å². The molecule has 18 N–H and O–H groups in total. The number of amides is 10. The van der Waals surface area contributed by atoms with Crippen molar-refractivity contribution in [1.29, 1.82) is 0 Å². The molecule has 0 aliphatic heterocycles. The van der Waals surface area contributed by atoms with E-state index in [2.05, 4.69) is 37.2 Å². The number of phenols is 1. The van der Waals surface area contributed by atoms with E-state index in [4.69, 9.17) is 22.9 Å². The summed E-state index contributed by atoms with van der Waals surface area (Å²) in [4.78, 5) is 156. The van der Waals surface area contributed by atoms with Gasteiger partial charge in [-0.15, -0.1) is 0 Å². The minimum absolute atomic E-state index is 0.0769. The van der Waals surface area contributed by atoms with Crippen LogP contribution in [0.1, 0.15) is 96.6 Å². The van der Waals surface area contributed by atoms with Crippen LogP contribution in [0, 0.1) is 11.8 Å². The van der Waals surface area contributed by atoms with Gasteiger partial charge in [-0.25, -0.2) is 4.79 Å². The number of carbonyl (C=O) groups is 12. The van der Waals surface area contributed by atoms with Crippen molar-refractivity contribution in [2.24, 2.45) is 34.8 Å². The fourth-order valence-corrected chi connectivity index (χ4v) is 7.35. The summed E-state index contributed by atoms with van der Waals surface area (Å²) >= 11 is 0. The number of nitrogens with one attached hydrogen (secondary N) is 7. The Balaban J connectivity index is 2.38. The molecule has 8 atom stereocenters. The van der Waals surface area contributed by atoms with Gasteiger partial charge in [0.05, 0.1) is 6.04 Å². The molecule has 2 rings (SSSR count). The summed E-state index contributed by atoms with van der Waals surface area (Å²) in [5.41, 5.74) is 23.3. The Labute approximate surface area is 433 Å². The zero-order valence-corrected chi connectivity index (χ0v) is 42.3. The van der Waals surface area contributed by atoms with Gasteiger partial charge in [-0.1, -0.05) is 70.2 Å². The smallest absolute Gasteiger partial charge is 0.326 e. The second-order valence-corrected chi connectivity index (χ2v) is 18.7. The van der Waals surface area contributed by atoms with E-state index in [0.717, 1.165) is 5.56 Å². The Kier molecular flexibility index (Phi) is 26.4. The van der Waals surface area contributed by atoms with Crippen LogP contribution in [0.3, 0.4) is 0 Å². The quantitative estimate of drug-likeness (QED) is 0.0340. The molecular formula is C49H71N11O15. The molecule has 0 aliphatic carbocycles. The van der Waals surface area contributed by atoms with Gasteiger partial charge in [0, 0.05) is 32.1 Å². The molecule has 10 amide bonds. The number of primary amides is 3. The van der Waals surface area contributed by atoms with Crippen LogP contribution in [0.25, 0.3) is 0 Å². The van der Waals surface area contributed by atoms with Gasteiger partial charge in [0.2, 0.25) is 59.1 Å². The zero-order valence-electron chi connectivity index (χ0n) is 42.3. The number of carbonyl (C=O) groups excluding carboxylic acids is 10. The van der Waals surface area contributed by atoms with E-state index in [9.17, 15) is 72.9 Å². The van der Waals surface area contributed by atoms with Gasteiger partial charge < -0.3 is 75.5 Å². The Bertz CT molecular complexity index is 2330. The van der Waals surface area contributed by atoms with Crippen LogP contribution in [0.2, 0.25) is 0 Å². The highest BCUT2D eigenvalue weighted by Gasteiger charge is 2.36. The average Bonchev–Trinajstić information content (AvgIpc) is 3.32. The largest absolute Gasteiger partial charge is 0.508 e. The fourth-order valence-electron chi connectivity index (χ4n) is 7.35. The number of carboxylic acids is 2. The van der Waals surface area contributed by atoms with E-state index in [1.54, 1.807) is 58.0 Å². The van der Waals surface area contributed by atoms with Crippen LogP contribution in [0.15, 0.2) is 54.6 Å². The molecule has 26 nitrogen and oxygen atoms in total. The predicted molar refractivity (Wildman–Crippen MR) is 268 cm³/mol. The Morgan fingerprint density at radius 3 is 1.23 bits per heavy atom. The monoisotopic (exact) mass is 1050 g/mol. The molecular weight excluding hydrogens is 983 g/mol. The standard InChI is InChI=1S/C49H71N11O15/c1-25(2)22-35(47(72)57-32(15-19-38(52)63)44(69)56-34(17-21-40(65)66)45(70)59-36(49(74)75)24-28-10-12-29(61)13-11-28)58-48(73)41(26(3)4)60-46(71)33(16-20-39(53)64)55-43(68)31(14-18-37(51)62)54-42(67)30(50)23-27-8-6-5-7-9-27/h5-13,25-26,30-36,41,61H,14-24,50H2,1-4H3,(H2,51,62)(H2,52,63)(H2,53,64)(H,54,67)(H,55,68)(H,56,69)(H,57,72)(H,58,73)(H,59,70)(H,60,71)(H,65,66)(H,74,75)/t30-,31-,32-,33-,34-,35-,36-,41-/m0/s1. The maximum Gasteiger partial charge on any atom is 0.326 e. The molecule has 0 unspecified atom stereocenters. The molecule has 0 aliphatic rings. The van der Waals surface area contributed by atoms with Crippen molar-refractivity contribution in [1.82, 2.24) is 37.2 Å². The van der Waals surface area contributed by atoms with E-state index in [1.165, 1.54) is 24.3 Å². The van der Waals surface area contributed by atoms with Crippen LogP contribution in [0.4, 0.5) is 0 Å². The van der Waals surface area contributed by atoms with Gasteiger partial charge in [0.15, 0.2) is 0 Å². The Hall–Kier alpha value is -8.16. The summed E-state index contributed by atoms with van der Waals surface area (Å²) in [6, 6.07) is 2.17. The second-order valence-electron chi connectivity index (χ2n) is 18.7. The van der Waals surface area contributed by atoms with Crippen molar-refractivity contribution in [2.45, 2.75) is 147 Å². The number of hydrogen-bond acceptors (Lipinski definition) is 14. The molecule has 0 saturated heterocycles. The van der Waals surface area contributed by atoms with Crippen LogP contribution >= 0.6 is 0 Å². The molecule has 26 heteroatoms. The maximum atomic E-state index is 14.1. The highest BCUT2D eigenvalue weighted by atomic mass is 16.4. The lowest BCUT2D eigenvalue weighted by Crippen LogP contribution is -2.61. The predicted octanol–water partition coefficient (Wildman–Crippen LogP) is -2.65. The molecule has 0 heterocycles. The van der Waals surface area contributed by atoms with Gasteiger partial charge in [-0.3, -0.25) is 52.7 Å². The first-order chi connectivity index (χ1) is 35.2.